The lowest BCUT2D eigenvalue weighted by molar-refractivity contribution is -0.123. The van der Waals surface area contributed by atoms with Gasteiger partial charge in [0, 0.05) is 16.7 Å². The van der Waals surface area contributed by atoms with Crippen molar-refractivity contribution in [2.75, 3.05) is 6.61 Å². The average Bonchev–Trinajstić information content (AvgIpc) is 2.52. The van der Waals surface area contributed by atoms with Gasteiger partial charge in [0.25, 0.3) is 5.91 Å². The lowest BCUT2D eigenvalue weighted by atomic mass is 10.1. The predicted octanol–water partition coefficient (Wildman–Crippen LogP) is 2.90. The first kappa shape index (κ1) is 17.6. The Kier molecular flexibility index (Phi) is 5.65. The van der Waals surface area contributed by atoms with Crippen LogP contribution < -0.4 is 10.2 Å². The first-order chi connectivity index (χ1) is 11.4. The summed E-state index contributed by atoms with van der Waals surface area (Å²) in [6.07, 6.45) is 1.27. The molecule has 0 aliphatic carbocycles. The van der Waals surface area contributed by atoms with Crippen molar-refractivity contribution in [2.24, 2.45) is 5.10 Å². The summed E-state index contributed by atoms with van der Waals surface area (Å²) in [5.74, 6) is -0.105. The number of amides is 1. The van der Waals surface area contributed by atoms with Crippen LogP contribution in [0.5, 0.6) is 17.2 Å². The van der Waals surface area contributed by atoms with E-state index in [1.54, 1.807) is 12.1 Å². The van der Waals surface area contributed by atoms with Gasteiger partial charge in [-0.15, -0.1) is 0 Å². The molecule has 1 amide bonds. The third kappa shape index (κ3) is 4.63. The third-order valence-electron chi connectivity index (χ3n) is 3.19. The Morgan fingerprint density at radius 2 is 1.92 bits per heavy atom. The zero-order chi connectivity index (χ0) is 17.7. The summed E-state index contributed by atoms with van der Waals surface area (Å²) in [6, 6.07) is 7.55. The Morgan fingerprint density at radius 1 is 1.25 bits per heavy atom. The summed E-state index contributed by atoms with van der Waals surface area (Å²) in [5, 5.41) is 23.2. The average molecular weight is 349 g/mol. The highest BCUT2D eigenvalue weighted by molar-refractivity contribution is 6.32. The van der Waals surface area contributed by atoms with Gasteiger partial charge in [-0.05, 0) is 49.2 Å². The van der Waals surface area contributed by atoms with Crippen molar-refractivity contribution in [2.45, 2.75) is 13.8 Å². The van der Waals surface area contributed by atoms with Crippen LogP contribution in [0.3, 0.4) is 0 Å². The highest BCUT2D eigenvalue weighted by atomic mass is 35.5. The van der Waals surface area contributed by atoms with Crippen LogP contribution in [0.25, 0.3) is 0 Å². The van der Waals surface area contributed by atoms with E-state index in [4.69, 9.17) is 16.3 Å². The minimum atomic E-state index is -0.449. The molecule has 0 aliphatic heterocycles. The number of nitrogens with zero attached hydrogens (tertiary/aromatic N) is 1. The number of halogens is 1. The smallest absolute Gasteiger partial charge is 0.277 e. The Balaban J connectivity index is 1.88. The maximum atomic E-state index is 11.7. The lowest BCUT2D eigenvalue weighted by Gasteiger charge is -2.09. The molecule has 2 rings (SSSR count). The third-order valence-corrected chi connectivity index (χ3v) is 3.78. The van der Waals surface area contributed by atoms with E-state index in [9.17, 15) is 15.0 Å². The Hall–Kier alpha value is -2.73. The summed E-state index contributed by atoms with van der Waals surface area (Å²) < 4.78 is 5.40. The van der Waals surface area contributed by atoms with Crippen LogP contribution in [0.2, 0.25) is 5.02 Å². The van der Waals surface area contributed by atoms with Crippen molar-refractivity contribution in [3.8, 4) is 17.2 Å². The van der Waals surface area contributed by atoms with Crippen molar-refractivity contribution < 1.29 is 19.7 Å². The molecule has 3 N–H and O–H groups in total. The molecule has 126 valence electrons. The fraction of sp³-hybridized carbons (Fsp3) is 0.176. The number of hydrogen-bond acceptors (Lipinski definition) is 5. The number of aromatic hydroxyl groups is 2. The maximum absolute atomic E-state index is 11.7. The molecule has 0 saturated heterocycles. The zero-order valence-electron chi connectivity index (χ0n) is 13.2. The van der Waals surface area contributed by atoms with Crippen molar-refractivity contribution in [3.05, 3.63) is 52.0 Å². The lowest BCUT2D eigenvalue weighted by Crippen LogP contribution is -2.24. The number of benzene rings is 2. The standard InChI is InChI=1S/C17H17ClN2O4/c1-10-5-14(6-11(2)17(10)18)24-9-16(23)20-19-8-12-3-4-13(21)7-15(12)22/h3-8,21-22H,9H2,1-2H3,(H,20,23)/b19-8-. The number of phenols is 2. The van der Waals surface area contributed by atoms with Gasteiger partial charge in [0.15, 0.2) is 6.61 Å². The van der Waals surface area contributed by atoms with Gasteiger partial charge in [-0.25, -0.2) is 5.43 Å². The summed E-state index contributed by atoms with van der Waals surface area (Å²) >= 11 is 6.07. The molecular weight excluding hydrogens is 332 g/mol. The Morgan fingerprint density at radius 3 is 2.54 bits per heavy atom. The van der Waals surface area contributed by atoms with Crippen LogP contribution in [0.15, 0.2) is 35.4 Å². The second kappa shape index (κ2) is 7.70. The van der Waals surface area contributed by atoms with Gasteiger partial charge >= 0.3 is 0 Å². The number of hydrazone groups is 1. The van der Waals surface area contributed by atoms with Crippen LogP contribution in [-0.2, 0) is 4.79 Å². The second-order valence-corrected chi connectivity index (χ2v) is 5.57. The number of hydrogen-bond donors (Lipinski definition) is 3. The number of nitrogens with one attached hydrogen (secondary N) is 1. The van der Waals surface area contributed by atoms with Crippen LogP contribution in [0.1, 0.15) is 16.7 Å². The molecule has 2 aromatic rings. The summed E-state index contributed by atoms with van der Waals surface area (Å²) in [6.45, 7) is 3.51. The molecule has 0 saturated carbocycles. The van der Waals surface area contributed by atoms with Crippen LogP contribution in [-0.4, -0.2) is 28.9 Å². The predicted molar refractivity (Wildman–Crippen MR) is 91.9 cm³/mol. The van der Waals surface area contributed by atoms with E-state index in [-0.39, 0.29) is 18.1 Å². The first-order valence-corrected chi connectivity index (χ1v) is 7.48. The van der Waals surface area contributed by atoms with E-state index >= 15 is 0 Å². The Labute approximate surface area is 144 Å². The van der Waals surface area contributed by atoms with Gasteiger partial charge in [-0.3, -0.25) is 4.79 Å². The van der Waals surface area contributed by atoms with E-state index in [0.717, 1.165) is 11.1 Å². The number of carbonyl (C=O) groups excluding carboxylic acids is 1. The van der Waals surface area contributed by atoms with Crippen molar-refractivity contribution in [1.29, 1.82) is 0 Å². The Bertz CT molecular complexity index is 767. The fourth-order valence-corrected chi connectivity index (χ4v) is 2.09. The SMILES string of the molecule is Cc1cc(OCC(=O)N/N=C\c2ccc(O)cc2O)cc(C)c1Cl. The van der Waals surface area contributed by atoms with Gasteiger partial charge in [0.2, 0.25) is 0 Å². The van der Waals surface area contributed by atoms with Gasteiger partial charge in [0.05, 0.1) is 6.21 Å². The largest absolute Gasteiger partial charge is 0.508 e. The molecule has 24 heavy (non-hydrogen) atoms. The zero-order valence-corrected chi connectivity index (χ0v) is 14.0. The molecule has 0 spiro atoms. The highest BCUT2D eigenvalue weighted by Crippen LogP contribution is 2.25. The van der Waals surface area contributed by atoms with E-state index < -0.39 is 5.91 Å². The van der Waals surface area contributed by atoms with Crippen LogP contribution in [0.4, 0.5) is 0 Å². The summed E-state index contributed by atoms with van der Waals surface area (Å²) in [5.41, 5.74) is 4.39. The molecule has 0 aromatic heterocycles. The van der Waals surface area contributed by atoms with Crippen molar-refractivity contribution in [3.63, 3.8) is 0 Å². The minimum Gasteiger partial charge on any atom is -0.508 e. The fourth-order valence-electron chi connectivity index (χ4n) is 1.99. The second-order valence-electron chi connectivity index (χ2n) is 5.20. The number of ether oxygens (including phenoxy) is 1. The monoisotopic (exact) mass is 348 g/mol. The molecule has 0 atom stereocenters. The molecule has 7 heteroatoms. The molecule has 0 radical (unpaired) electrons. The summed E-state index contributed by atoms with van der Waals surface area (Å²) in [4.78, 5) is 11.7. The summed E-state index contributed by atoms with van der Waals surface area (Å²) in [7, 11) is 0. The molecule has 0 aliphatic rings. The molecule has 0 heterocycles. The van der Waals surface area contributed by atoms with Gasteiger partial charge in [-0.1, -0.05) is 11.6 Å². The number of rotatable bonds is 5. The number of phenolic OH excluding ortho intramolecular Hbond substituents is 2. The van der Waals surface area contributed by atoms with Gasteiger partial charge in [-0.2, -0.15) is 5.10 Å². The van der Waals surface area contributed by atoms with Crippen molar-refractivity contribution >= 4 is 23.7 Å². The number of carbonyl (C=O) groups is 1. The molecule has 6 nitrogen and oxygen atoms in total. The molecule has 2 aromatic carbocycles. The first-order valence-electron chi connectivity index (χ1n) is 7.10. The molecular formula is C17H17ClN2O4. The van der Waals surface area contributed by atoms with E-state index in [1.165, 1.54) is 24.4 Å². The normalized spacial score (nSPS) is 10.8. The van der Waals surface area contributed by atoms with Gasteiger partial charge in [0.1, 0.15) is 17.2 Å². The van der Waals surface area contributed by atoms with Gasteiger partial charge < -0.3 is 14.9 Å². The maximum Gasteiger partial charge on any atom is 0.277 e. The highest BCUT2D eigenvalue weighted by Gasteiger charge is 2.06. The van der Waals surface area contributed by atoms with Crippen LogP contribution >= 0.6 is 11.6 Å². The minimum absolute atomic E-state index is 0.0596. The number of aryl methyl sites for hydroxylation is 2. The van der Waals surface area contributed by atoms with E-state index in [2.05, 4.69) is 10.5 Å². The topological polar surface area (TPSA) is 91.2 Å². The van der Waals surface area contributed by atoms with E-state index in [0.29, 0.717) is 16.3 Å². The van der Waals surface area contributed by atoms with E-state index in [1.807, 2.05) is 13.8 Å². The molecule has 0 unspecified atom stereocenters. The quantitative estimate of drug-likeness (QED) is 0.572. The molecule has 0 bridgehead atoms. The van der Waals surface area contributed by atoms with Crippen molar-refractivity contribution in [1.82, 2.24) is 5.43 Å². The molecule has 0 fully saturated rings. The van der Waals surface area contributed by atoms with Crippen LogP contribution in [0, 0.1) is 13.8 Å².